The molecule has 2 N–H and O–H groups in total. The van der Waals surface area contributed by atoms with Crippen LogP contribution in [-0.2, 0) is 11.2 Å². The molecule has 1 saturated heterocycles. The van der Waals surface area contributed by atoms with Gasteiger partial charge < -0.3 is 15.3 Å². The summed E-state index contributed by atoms with van der Waals surface area (Å²) in [6.07, 6.45) is 4.96. The number of carbonyl (C=O) groups is 1. The molecule has 1 aliphatic heterocycles. The van der Waals surface area contributed by atoms with Crippen LogP contribution < -0.4 is 10.2 Å². The van der Waals surface area contributed by atoms with Crippen molar-refractivity contribution in [3.05, 3.63) is 54.2 Å². The number of halogens is 1. The van der Waals surface area contributed by atoms with E-state index in [1.807, 2.05) is 4.90 Å². The van der Waals surface area contributed by atoms with Gasteiger partial charge in [-0.1, -0.05) is 12.1 Å². The van der Waals surface area contributed by atoms with Crippen LogP contribution in [0.5, 0.6) is 0 Å². The van der Waals surface area contributed by atoms with Gasteiger partial charge in [0.05, 0.1) is 24.8 Å². The Bertz CT molecular complexity index is 681. The van der Waals surface area contributed by atoms with Gasteiger partial charge in [0.2, 0.25) is 5.91 Å². The average molecular weight is 330 g/mol. The maximum absolute atomic E-state index is 12.9. The summed E-state index contributed by atoms with van der Waals surface area (Å²) in [6.45, 7) is 1.07. The number of anilines is 1. The Kier molecular flexibility index (Phi) is 5.00. The van der Waals surface area contributed by atoms with Gasteiger partial charge in [0, 0.05) is 25.5 Å². The van der Waals surface area contributed by atoms with Crippen molar-refractivity contribution in [1.82, 2.24) is 15.3 Å². The van der Waals surface area contributed by atoms with Gasteiger partial charge in [0.15, 0.2) is 0 Å². The molecule has 2 heterocycles. The molecule has 0 bridgehead atoms. The summed E-state index contributed by atoms with van der Waals surface area (Å²) < 4.78 is 12.9. The second-order valence-electron chi connectivity index (χ2n) is 5.84. The zero-order chi connectivity index (χ0) is 16.9. The van der Waals surface area contributed by atoms with Gasteiger partial charge in [0.1, 0.15) is 11.6 Å². The molecule has 1 fully saturated rings. The van der Waals surface area contributed by atoms with Crippen molar-refractivity contribution in [2.75, 3.05) is 18.0 Å². The summed E-state index contributed by atoms with van der Waals surface area (Å²) in [6, 6.07) is 5.53. The van der Waals surface area contributed by atoms with E-state index < -0.39 is 6.10 Å². The minimum Gasteiger partial charge on any atom is -0.389 e. The lowest BCUT2D eigenvalue weighted by Gasteiger charge is -2.36. The van der Waals surface area contributed by atoms with Crippen molar-refractivity contribution in [3.63, 3.8) is 0 Å². The van der Waals surface area contributed by atoms with Crippen LogP contribution in [0.3, 0.4) is 0 Å². The highest BCUT2D eigenvalue weighted by Gasteiger charge is 2.29. The highest BCUT2D eigenvalue weighted by atomic mass is 19.1. The second kappa shape index (κ2) is 7.35. The molecule has 0 saturated carbocycles. The number of β-amino-alcohol motifs (C(OH)–C–C–N with tert-alkyl or cyclic N) is 1. The molecule has 6 nitrogen and oxygen atoms in total. The third kappa shape index (κ3) is 4.05. The molecule has 2 aromatic rings. The standard InChI is InChI=1S/C17H19FN4O2/c18-13-3-1-12(2-4-13)9-17(24)21-14-5-8-22(11-15(14)23)16-10-19-6-7-20-16/h1-4,6-7,10,14-15,23H,5,8-9,11H2,(H,21,24)/t14-,15-/m1/s1. The van der Waals surface area contributed by atoms with E-state index in [-0.39, 0.29) is 24.2 Å². The Morgan fingerprint density at radius 3 is 2.79 bits per heavy atom. The van der Waals surface area contributed by atoms with E-state index in [9.17, 15) is 14.3 Å². The number of carbonyl (C=O) groups excluding carboxylic acids is 1. The fourth-order valence-electron chi connectivity index (χ4n) is 2.81. The van der Waals surface area contributed by atoms with Crippen LogP contribution in [-0.4, -0.2) is 46.2 Å². The largest absolute Gasteiger partial charge is 0.389 e. The van der Waals surface area contributed by atoms with Crippen LogP contribution in [0.15, 0.2) is 42.9 Å². The average Bonchev–Trinajstić information content (AvgIpc) is 2.59. The molecule has 0 aliphatic carbocycles. The molecule has 7 heteroatoms. The topological polar surface area (TPSA) is 78.4 Å². The van der Waals surface area contributed by atoms with Crippen molar-refractivity contribution in [2.24, 2.45) is 0 Å². The quantitative estimate of drug-likeness (QED) is 0.871. The summed E-state index contributed by atoms with van der Waals surface area (Å²) in [7, 11) is 0. The summed E-state index contributed by atoms with van der Waals surface area (Å²) in [4.78, 5) is 22.3. The van der Waals surface area contributed by atoms with E-state index in [1.54, 1.807) is 30.7 Å². The highest BCUT2D eigenvalue weighted by Crippen LogP contribution is 2.17. The Morgan fingerprint density at radius 2 is 2.12 bits per heavy atom. The van der Waals surface area contributed by atoms with E-state index >= 15 is 0 Å². The number of nitrogens with zero attached hydrogens (tertiary/aromatic N) is 3. The van der Waals surface area contributed by atoms with Crippen molar-refractivity contribution >= 4 is 11.7 Å². The van der Waals surface area contributed by atoms with E-state index in [4.69, 9.17) is 0 Å². The molecule has 24 heavy (non-hydrogen) atoms. The number of piperidine rings is 1. The number of aliphatic hydroxyl groups excluding tert-OH is 1. The fourth-order valence-corrected chi connectivity index (χ4v) is 2.81. The summed E-state index contributed by atoms with van der Waals surface area (Å²) >= 11 is 0. The zero-order valence-electron chi connectivity index (χ0n) is 13.1. The van der Waals surface area contributed by atoms with Crippen LogP contribution in [0.2, 0.25) is 0 Å². The molecule has 3 rings (SSSR count). The first-order valence-corrected chi connectivity index (χ1v) is 7.84. The van der Waals surface area contributed by atoms with Crippen molar-refractivity contribution in [3.8, 4) is 0 Å². The third-order valence-corrected chi connectivity index (χ3v) is 4.08. The number of rotatable bonds is 4. The first kappa shape index (κ1) is 16.3. The predicted molar refractivity (Wildman–Crippen MR) is 86.9 cm³/mol. The molecule has 126 valence electrons. The Hall–Kier alpha value is -2.54. The SMILES string of the molecule is O=C(Cc1ccc(F)cc1)N[C@@H]1CCN(c2cnccn2)C[C@H]1O. The van der Waals surface area contributed by atoms with Gasteiger partial charge >= 0.3 is 0 Å². The lowest BCUT2D eigenvalue weighted by molar-refractivity contribution is -0.122. The number of amides is 1. The highest BCUT2D eigenvalue weighted by molar-refractivity contribution is 5.79. The summed E-state index contributed by atoms with van der Waals surface area (Å²) in [5, 5.41) is 13.2. The van der Waals surface area contributed by atoms with E-state index in [0.29, 0.717) is 25.3 Å². The first-order chi connectivity index (χ1) is 11.6. The van der Waals surface area contributed by atoms with Crippen molar-refractivity contribution in [1.29, 1.82) is 0 Å². The number of aliphatic hydroxyl groups is 1. The van der Waals surface area contributed by atoms with Crippen LogP contribution in [0.25, 0.3) is 0 Å². The normalized spacial score (nSPS) is 20.7. The number of benzene rings is 1. The van der Waals surface area contributed by atoms with Crippen LogP contribution >= 0.6 is 0 Å². The minimum absolute atomic E-state index is 0.164. The fraction of sp³-hybridized carbons (Fsp3) is 0.353. The Morgan fingerprint density at radius 1 is 1.33 bits per heavy atom. The maximum Gasteiger partial charge on any atom is 0.224 e. The second-order valence-corrected chi connectivity index (χ2v) is 5.84. The van der Waals surface area contributed by atoms with E-state index in [0.717, 1.165) is 5.56 Å². The predicted octanol–water partition coefficient (Wildman–Crippen LogP) is 0.914. The van der Waals surface area contributed by atoms with Crippen LogP contribution in [0.1, 0.15) is 12.0 Å². The smallest absolute Gasteiger partial charge is 0.224 e. The van der Waals surface area contributed by atoms with Gasteiger partial charge in [-0.3, -0.25) is 9.78 Å². The van der Waals surface area contributed by atoms with Gasteiger partial charge in [0.25, 0.3) is 0 Å². The number of hydrogen-bond acceptors (Lipinski definition) is 5. The first-order valence-electron chi connectivity index (χ1n) is 7.84. The van der Waals surface area contributed by atoms with Gasteiger partial charge in [-0.2, -0.15) is 0 Å². The van der Waals surface area contributed by atoms with Crippen molar-refractivity contribution in [2.45, 2.75) is 25.0 Å². The van der Waals surface area contributed by atoms with Gasteiger partial charge in [-0.25, -0.2) is 9.37 Å². The molecule has 0 unspecified atom stereocenters. The van der Waals surface area contributed by atoms with Crippen LogP contribution in [0, 0.1) is 5.82 Å². The summed E-state index contributed by atoms with van der Waals surface area (Å²) in [5.74, 6) is 0.206. The Labute approximate surface area is 139 Å². The van der Waals surface area contributed by atoms with E-state index in [1.165, 1.54) is 12.1 Å². The molecular formula is C17H19FN4O2. The third-order valence-electron chi connectivity index (χ3n) is 4.08. The lowest BCUT2D eigenvalue weighted by atomic mass is 10.0. The Balaban J connectivity index is 1.53. The maximum atomic E-state index is 12.9. The molecule has 1 aromatic heterocycles. The van der Waals surface area contributed by atoms with Crippen molar-refractivity contribution < 1.29 is 14.3 Å². The summed E-state index contributed by atoms with van der Waals surface area (Å²) in [5.41, 5.74) is 0.736. The molecular weight excluding hydrogens is 311 g/mol. The molecule has 1 amide bonds. The number of nitrogens with one attached hydrogen (secondary N) is 1. The zero-order valence-corrected chi connectivity index (χ0v) is 13.1. The van der Waals surface area contributed by atoms with Gasteiger partial charge in [-0.15, -0.1) is 0 Å². The van der Waals surface area contributed by atoms with Crippen LogP contribution in [0.4, 0.5) is 10.2 Å². The van der Waals surface area contributed by atoms with E-state index in [2.05, 4.69) is 15.3 Å². The lowest BCUT2D eigenvalue weighted by Crippen LogP contribution is -2.54. The van der Waals surface area contributed by atoms with Gasteiger partial charge in [-0.05, 0) is 24.1 Å². The molecule has 0 radical (unpaired) electrons. The molecule has 0 spiro atoms. The molecule has 2 atom stereocenters. The number of hydrogen-bond donors (Lipinski definition) is 2. The number of aromatic nitrogens is 2. The molecule has 1 aliphatic rings. The monoisotopic (exact) mass is 330 g/mol. The molecule has 1 aromatic carbocycles. The minimum atomic E-state index is -0.682.